The van der Waals surface area contributed by atoms with Gasteiger partial charge in [0.1, 0.15) is 5.56 Å². The SMILES string of the molecule is CCOC(=O)c1cc(OC)nc(C(F)F)c1O. The van der Waals surface area contributed by atoms with Crippen LogP contribution in [0.3, 0.4) is 0 Å². The van der Waals surface area contributed by atoms with Crippen LogP contribution in [0.4, 0.5) is 8.78 Å². The number of esters is 1. The van der Waals surface area contributed by atoms with Crippen molar-refractivity contribution in [2.75, 3.05) is 13.7 Å². The molecule has 7 heteroatoms. The maximum atomic E-state index is 12.5. The molecule has 0 spiro atoms. The Morgan fingerprint density at radius 2 is 2.24 bits per heavy atom. The Labute approximate surface area is 96.0 Å². The van der Waals surface area contributed by atoms with Gasteiger partial charge in [-0.15, -0.1) is 0 Å². The minimum absolute atomic E-state index is 0.0624. The molecule has 0 fully saturated rings. The van der Waals surface area contributed by atoms with Gasteiger partial charge in [-0.1, -0.05) is 0 Å². The summed E-state index contributed by atoms with van der Waals surface area (Å²) in [5, 5.41) is 9.48. The average molecular weight is 247 g/mol. The summed E-state index contributed by atoms with van der Waals surface area (Å²) in [6, 6.07) is 1.04. The predicted octanol–water partition coefficient (Wildman–Crippen LogP) is 1.91. The molecule has 0 radical (unpaired) electrons. The third-order valence-electron chi connectivity index (χ3n) is 1.91. The molecule has 1 heterocycles. The van der Waals surface area contributed by atoms with Gasteiger partial charge in [0.25, 0.3) is 6.43 Å². The first-order chi connectivity index (χ1) is 8.01. The van der Waals surface area contributed by atoms with Crippen molar-refractivity contribution in [1.82, 2.24) is 4.98 Å². The lowest BCUT2D eigenvalue weighted by atomic mass is 10.2. The first-order valence-corrected chi connectivity index (χ1v) is 4.74. The highest BCUT2D eigenvalue weighted by Gasteiger charge is 2.24. The second kappa shape index (κ2) is 5.42. The monoisotopic (exact) mass is 247 g/mol. The lowest BCUT2D eigenvalue weighted by Crippen LogP contribution is -2.08. The number of pyridine rings is 1. The lowest BCUT2D eigenvalue weighted by molar-refractivity contribution is 0.0521. The van der Waals surface area contributed by atoms with Crippen LogP contribution in [0, 0.1) is 0 Å². The van der Waals surface area contributed by atoms with Gasteiger partial charge >= 0.3 is 5.97 Å². The molecule has 1 N–H and O–H groups in total. The molecule has 5 nitrogen and oxygen atoms in total. The first-order valence-electron chi connectivity index (χ1n) is 4.74. The first kappa shape index (κ1) is 13.1. The van der Waals surface area contributed by atoms with Crippen LogP contribution >= 0.6 is 0 Å². The molecule has 0 amide bonds. The molecule has 1 rings (SSSR count). The number of nitrogens with zero attached hydrogens (tertiary/aromatic N) is 1. The third-order valence-corrected chi connectivity index (χ3v) is 1.91. The second-order valence-corrected chi connectivity index (χ2v) is 2.97. The van der Waals surface area contributed by atoms with Crippen molar-refractivity contribution in [2.45, 2.75) is 13.3 Å². The van der Waals surface area contributed by atoms with Gasteiger partial charge in [-0.3, -0.25) is 0 Å². The summed E-state index contributed by atoms with van der Waals surface area (Å²) in [5.74, 6) is -1.99. The van der Waals surface area contributed by atoms with Crippen molar-refractivity contribution >= 4 is 5.97 Å². The number of hydrogen-bond acceptors (Lipinski definition) is 5. The summed E-state index contributed by atoms with van der Waals surface area (Å²) in [6.45, 7) is 1.62. The summed E-state index contributed by atoms with van der Waals surface area (Å²) in [5.41, 5.74) is -1.30. The fraction of sp³-hybridized carbons (Fsp3) is 0.400. The van der Waals surface area contributed by atoms with E-state index >= 15 is 0 Å². The third kappa shape index (κ3) is 2.80. The molecule has 0 aliphatic rings. The minimum atomic E-state index is -3.02. The second-order valence-electron chi connectivity index (χ2n) is 2.97. The molecule has 0 unspecified atom stereocenters. The number of halogens is 2. The summed E-state index contributed by atoms with van der Waals surface area (Å²) >= 11 is 0. The van der Waals surface area contributed by atoms with E-state index in [1.807, 2.05) is 0 Å². The van der Waals surface area contributed by atoms with Crippen molar-refractivity contribution in [3.05, 3.63) is 17.3 Å². The molecule has 0 atom stereocenters. The summed E-state index contributed by atoms with van der Waals surface area (Å²) in [7, 11) is 1.21. The topological polar surface area (TPSA) is 68.7 Å². The Kier molecular flexibility index (Phi) is 4.19. The quantitative estimate of drug-likeness (QED) is 0.823. The van der Waals surface area contributed by atoms with E-state index in [0.29, 0.717) is 0 Å². The van der Waals surface area contributed by atoms with E-state index in [4.69, 9.17) is 0 Å². The Bertz CT molecular complexity index is 423. The smallest absolute Gasteiger partial charge is 0.342 e. The van der Waals surface area contributed by atoms with Gasteiger partial charge in [-0.05, 0) is 6.92 Å². The fourth-order valence-corrected chi connectivity index (χ4v) is 1.15. The molecule has 0 bridgehead atoms. The van der Waals surface area contributed by atoms with Gasteiger partial charge in [-0.2, -0.15) is 0 Å². The Morgan fingerprint density at radius 3 is 2.71 bits per heavy atom. The molecule has 0 saturated heterocycles. The van der Waals surface area contributed by atoms with E-state index in [2.05, 4.69) is 14.5 Å². The number of alkyl halides is 2. The number of aromatic nitrogens is 1. The van der Waals surface area contributed by atoms with E-state index in [-0.39, 0.29) is 12.5 Å². The predicted molar refractivity (Wildman–Crippen MR) is 53.4 cm³/mol. The maximum Gasteiger partial charge on any atom is 0.342 e. The zero-order valence-electron chi connectivity index (χ0n) is 9.24. The Hall–Kier alpha value is -1.92. The minimum Gasteiger partial charge on any atom is -0.505 e. The van der Waals surface area contributed by atoms with E-state index < -0.39 is 29.4 Å². The fourth-order valence-electron chi connectivity index (χ4n) is 1.15. The van der Waals surface area contributed by atoms with Crippen LogP contribution in [0.5, 0.6) is 11.6 Å². The number of aromatic hydroxyl groups is 1. The van der Waals surface area contributed by atoms with Crippen LogP contribution in [-0.4, -0.2) is 29.8 Å². The highest BCUT2D eigenvalue weighted by Crippen LogP contribution is 2.32. The van der Waals surface area contributed by atoms with Crippen LogP contribution in [-0.2, 0) is 4.74 Å². The average Bonchev–Trinajstić information content (AvgIpc) is 2.29. The standard InChI is InChI=1S/C10H11F2NO4/c1-3-17-10(15)5-4-6(16-2)13-7(8(5)14)9(11)12/h4,9,14H,3H2,1-2H3. The van der Waals surface area contributed by atoms with Crippen molar-refractivity contribution < 1.29 is 28.2 Å². The molecule has 1 aromatic rings. The molecular formula is C10H11F2NO4. The summed E-state index contributed by atoms with van der Waals surface area (Å²) in [4.78, 5) is 14.8. The molecule has 94 valence electrons. The van der Waals surface area contributed by atoms with Crippen LogP contribution in [0.25, 0.3) is 0 Å². The van der Waals surface area contributed by atoms with Crippen LogP contribution in [0.15, 0.2) is 6.07 Å². The molecule has 0 saturated carbocycles. The van der Waals surface area contributed by atoms with Crippen LogP contribution < -0.4 is 4.74 Å². The number of carbonyl (C=O) groups excluding carboxylic acids is 1. The molecule has 0 aromatic carbocycles. The van der Waals surface area contributed by atoms with E-state index in [1.54, 1.807) is 6.92 Å². The van der Waals surface area contributed by atoms with Crippen molar-refractivity contribution in [2.24, 2.45) is 0 Å². The Balaban J connectivity index is 3.28. The number of carbonyl (C=O) groups is 1. The van der Waals surface area contributed by atoms with Crippen molar-refractivity contribution in [3.8, 4) is 11.6 Å². The molecular weight excluding hydrogens is 236 g/mol. The normalized spacial score (nSPS) is 10.4. The molecule has 1 aromatic heterocycles. The Morgan fingerprint density at radius 1 is 1.59 bits per heavy atom. The number of rotatable bonds is 4. The van der Waals surface area contributed by atoms with Gasteiger partial charge < -0.3 is 14.6 Å². The van der Waals surface area contributed by atoms with Gasteiger partial charge in [-0.25, -0.2) is 18.6 Å². The van der Waals surface area contributed by atoms with Crippen LogP contribution in [0.1, 0.15) is 29.4 Å². The largest absolute Gasteiger partial charge is 0.505 e. The van der Waals surface area contributed by atoms with Gasteiger partial charge in [0.05, 0.1) is 13.7 Å². The number of methoxy groups -OCH3 is 1. The zero-order chi connectivity index (χ0) is 13.0. The molecule has 17 heavy (non-hydrogen) atoms. The zero-order valence-corrected chi connectivity index (χ0v) is 9.24. The van der Waals surface area contributed by atoms with Gasteiger partial charge in [0, 0.05) is 6.07 Å². The maximum absolute atomic E-state index is 12.5. The highest BCUT2D eigenvalue weighted by molar-refractivity contribution is 5.93. The van der Waals surface area contributed by atoms with Crippen LogP contribution in [0.2, 0.25) is 0 Å². The lowest BCUT2D eigenvalue weighted by Gasteiger charge is -2.10. The van der Waals surface area contributed by atoms with E-state index in [1.165, 1.54) is 7.11 Å². The summed E-state index contributed by atoms with van der Waals surface area (Å²) < 4.78 is 34.4. The van der Waals surface area contributed by atoms with Gasteiger partial charge in [0.2, 0.25) is 5.88 Å². The van der Waals surface area contributed by atoms with Gasteiger partial charge in [0.15, 0.2) is 11.4 Å². The van der Waals surface area contributed by atoms with Crippen molar-refractivity contribution in [3.63, 3.8) is 0 Å². The van der Waals surface area contributed by atoms with E-state index in [0.717, 1.165) is 6.07 Å². The number of ether oxygens (including phenoxy) is 2. The molecule has 0 aliphatic carbocycles. The number of hydrogen-bond donors (Lipinski definition) is 1. The summed E-state index contributed by atoms with van der Waals surface area (Å²) in [6.07, 6.45) is -3.02. The van der Waals surface area contributed by atoms with E-state index in [9.17, 15) is 18.7 Å². The molecule has 0 aliphatic heterocycles. The highest BCUT2D eigenvalue weighted by atomic mass is 19.3. The van der Waals surface area contributed by atoms with Crippen molar-refractivity contribution in [1.29, 1.82) is 0 Å².